The van der Waals surface area contributed by atoms with Gasteiger partial charge in [-0.1, -0.05) is 48.5 Å². The number of carbonyl (C=O) groups is 1. The highest BCUT2D eigenvalue weighted by Crippen LogP contribution is 2.40. The number of methoxy groups -OCH3 is 1. The molecule has 1 saturated heterocycles. The number of nitrogens with zero attached hydrogens (tertiary/aromatic N) is 3. The summed E-state index contributed by atoms with van der Waals surface area (Å²) in [5.41, 5.74) is 3.65. The summed E-state index contributed by atoms with van der Waals surface area (Å²) in [6.07, 6.45) is 4.12. The molecule has 1 aliphatic rings. The van der Waals surface area contributed by atoms with Crippen LogP contribution in [-0.2, 0) is 4.79 Å². The van der Waals surface area contributed by atoms with Crippen LogP contribution in [0.4, 0.5) is 5.69 Å². The average molecular weight is 548 g/mol. The minimum atomic E-state index is -0.180. The molecule has 3 heterocycles. The first-order chi connectivity index (χ1) is 19.6. The van der Waals surface area contributed by atoms with E-state index in [2.05, 4.69) is 73.7 Å². The Hall–Kier alpha value is -4.69. The molecule has 2 N–H and O–H groups in total. The summed E-state index contributed by atoms with van der Waals surface area (Å²) in [5, 5.41) is 9.42. The Bertz CT molecular complexity index is 1670. The van der Waals surface area contributed by atoms with E-state index in [4.69, 9.17) is 17.0 Å². The van der Waals surface area contributed by atoms with Crippen LogP contribution in [0.3, 0.4) is 0 Å². The molecule has 6 rings (SSSR count). The maximum atomic E-state index is 13.0. The average Bonchev–Trinajstić information content (AvgIpc) is 3.60. The molecule has 8 heteroatoms. The highest BCUT2D eigenvalue weighted by atomic mass is 32.1. The van der Waals surface area contributed by atoms with E-state index in [0.29, 0.717) is 23.1 Å². The molecule has 1 fully saturated rings. The fourth-order valence-corrected chi connectivity index (χ4v) is 5.68. The summed E-state index contributed by atoms with van der Waals surface area (Å²) in [7, 11) is 1.59. The summed E-state index contributed by atoms with van der Waals surface area (Å²) in [4.78, 5) is 19.8. The van der Waals surface area contributed by atoms with Crippen molar-refractivity contribution >= 4 is 39.7 Å². The molecule has 2 atom stereocenters. The van der Waals surface area contributed by atoms with Crippen LogP contribution in [0.2, 0.25) is 0 Å². The monoisotopic (exact) mass is 547 g/mol. The number of para-hydroxylation sites is 2. The number of rotatable bonds is 8. The predicted octanol–water partition coefficient (Wildman–Crippen LogP) is 6.04. The number of benzene rings is 3. The lowest BCUT2D eigenvalue weighted by molar-refractivity contribution is -0.116. The number of anilines is 1. The Morgan fingerprint density at radius 1 is 0.975 bits per heavy atom. The number of hydrogen-bond acceptors (Lipinski definition) is 4. The minimum absolute atomic E-state index is 0.114. The number of nitrogens with one attached hydrogen (secondary N) is 2. The van der Waals surface area contributed by atoms with Crippen LogP contribution in [-0.4, -0.2) is 39.1 Å². The van der Waals surface area contributed by atoms with E-state index in [1.54, 1.807) is 13.3 Å². The molecule has 0 bridgehead atoms. The predicted molar refractivity (Wildman–Crippen MR) is 162 cm³/mol. The molecule has 5 aromatic rings. The summed E-state index contributed by atoms with van der Waals surface area (Å²) in [6.45, 7) is 0.434. The largest absolute Gasteiger partial charge is 0.495 e. The van der Waals surface area contributed by atoms with Crippen molar-refractivity contribution in [2.45, 2.75) is 18.5 Å². The van der Waals surface area contributed by atoms with Gasteiger partial charge < -0.3 is 24.8 Å². The smallest absolute Gasteiger partial charge is 0.226 e. The number of carbonyl (C=O) groups excluding carboxylic acids is 1. The van der Waals surface area contributed by atoms with Gasteiger partial charge in [-0.25, -0.2) is 0 Å². The molecular formula is C32H29N5O2S. The van der Waals surface area contributed by atoms with E-state index >= 15 is 0 Å². The molecule has 0 radical (unpaired) electrons. The highest BCUT2D eigenvalue weighted by molar-refractivity contribution is 7.80. The number of aromatic nitrogens is 2. The van der Waals surface area contributed by atoms with Crippen LogP contribution in [0, 0.1) is 0 Å². The first-order valence-corrected chi connectivity index (χ1v) is 13.6. The van der Waals surface area contributed by atoms with Crippen molar-refractivity contribution in [1.82, 2.24) is 19.8 Å². The zero-order valence-electron chi connectivity index (χ0n) is 22.0. The molecule has 7 nitrogen and oxygen atoms in total. The third kappa shape index (κ3) is 5.01. The maximum absolute atomic E-state index is 13.0. The Morgan fingerprint density at radius 3 is 2.60 bits per heavy atom. The topological polar surface area (TPSA) is 71.4 Å². The van der Waals surface area contributed by atoms with E-state index in [1.165, 1.54) is 10.8 Å². The van der Waals surface area contributed by atoms with Crippen molar-refractivity contribution in [1.29, 1.82) is 0 Å². The number of pyridine rings is 1. The van der Waals surface area contributed by atoms with Crippen molar-refractivity contribution < 1.29 is 9.53 Å². The zero-order valence-corrected chi connectivity index (χ0v) is 22.8. The van der Waals surface area contributed by atoms with Crippen LogP contribution < -0.4 is 15.4 Å². The highest BCUT2D eigenvalue weighted by Gasteiger charge is 2.41. The van der Waals surface area contributed by atoms with Gasteiger partial charge in [-0.15, -0.1) is 0 Å². The number of thiocarbonyl (C=S) groups is 1. The van der Waals surface area contributed by atoms with E-state index in [-0.39, 0.29) is 24.4 Å². The van der Waals surface area contributed by atoms with Crippen LogP contribution in [0.1, 0.15) is 29.9 Å². The van der Waals surface area contributed by atoms with E-state index in [9.17, 15) is 4.79 Å². The van der Waals surface area contributed by atoms with Gasteiger partial charge in [-0.05, 0) is 71.5 Å². The molecule has 3 aromatic carbocycles. The van der Waals surface area contributed by atoms with Crippen LogP contribution >= 0.6 is 12.2 Å². The van der Waals surface area contributed by atoms with Crippen molar-refractivity contribution in [3.05, 3.63) is 121 Å². The number of ether oxygens (including phenoxy) is 1. The van der Waals surface area contributed by atoms with Crippen molar-refractivity contribution in [2.75, 3.05) is 19.0 Å². The third-order valence-electron chi connectivity index (χ3n) is 7.25. The molecule has 0 unspecified atom stereocenters. The van der Waals surface area contributed by atoms with Crippen LogP contribution in [0.15, 0.2) is 109 Å². The summed E-state index contributed by atoms with van der Waals surface area (Å²) < 4.78 is 7.59. The van der Waals surface area contributed by atoms with Crippen LogP contribution in [0.25, 0.3) is 16.5 Å². The Labute approximate surface area is 238 Å². The molecule has 40 heavy (non-hydrogen) atoms. The van der Waals surface area contributed by atoms with Gasteiger partial charge in [0, 0.05) is 36.7 Å². The zero-order chi connectivity index (χ0) is 27.5. The fraction of sp³-hybridized carbons (Fsp3) is 0.156. The Morgan fingerprint density at radius 2 is 1.77 bits per heavy atom. The summed E-state index contributed by atoms with van der Waals surface area (Å²) in [6, 6.07) is 31.9. The molecule has 0 aliphatic carbocycles. The summed E-state index contributed by atoms with van der Waals surface area (Å²) >= 11 is 5.84. The molecule has 1 aliphatic heterocycles. The quantitative estimate of drug-likeness (QED) is 0.231. The minimum Gasteiger partial charge on any atom is -0.495 e. The normalized spacial score (nSPS) is 16.6. The van der Waals surface area contributed by atoms with Gasteiger partial charge >= 0.3 is 0 Å². The van der Waals surface area contributed by atoms with Gasteiger partial charge in [0.05, 0.1) is 30.6 Å². The molecular weight excluding hydrogens is 518 g/mol. The Kier molecular flexibility index (Phi) is 7.16. The summed E-state index contributed by atoms with van der Waals surface area (Å²) in [5.74, 6) is 0.507. The third-order valence-corrected chi connectivity index (χ3v) is 7.61. The molecule has 200 valence electrons. The van der Waals surface area contributed by atoms with Crippen molar-refractivity contribution in [3.63, 3.8) is 0 Å². The maximum Gasteiger partial charge on any atom is 0.226 e. The van der Waals surface area contributed by atoms with Crippen molar-refractivity contribution in [2.24, 2.45) is 0 Å². The van der Waals surface area contributed by atoms with E-state index < -0.39 is 0 Å². The van der Waals surface area contributed by atoms with Gasteiger partial charge in [0.15, 0.2) is 5.11 Å². The van der Waals surface area contributed by atoms with Crippen molar-refractivity contribution in [3.8, 4) is 11.4 Å². The van der Waals surface area contributed by atoms with E-state index in [0.717, 1.165) is 17.1 Å². The lowest BCUT2D eigenvalue weighted by Gasteiger charge is -2.29. The second kappa shape index (κ2) is 11.2. The number of hydrogen-bond donors (Lipinski definition) is 2. The standard InChI is InChI=1S/C32H29N5O2S/c1-39-28-14-5-4-11-25(28)34-29(38)17-20-37-31(30(35-32(37)40)26-12-6-7-18-33-26)27-13-8-19-36(27)24-16-15-22-9-2-3-10-23(22)21-24/h2-16,18-19,21,30-31H,17,20H2,1H3,(H,34,38)(H,35,40)/t30-,31+/m0/s1. The first kappa shape index (κ1) is 25.6. The molecule has 1 amide bonds. The second-order valence-corrected chi connectivity index (χ2v) is 10.0. The lowest BCUT2D eigenvalue weighted by Crippen LogP contribution is -2.33. The van der Waals surface area contributed by atoms with Gasteiger partial charge in [0.2, 0.25) is 5.91 Å². The number of amides is 1. The van der Waals surface area contributed by atoms with Gasteiger partial charge in [-0.2, -0.15) is 0 Å². The molecule has 2 aromatic heterocycles. The number of fused-ring (bicyclic) bond motifs is 1. The first-order valence-electron chi connectivity index (χ1n) is 13.2. The SMILES string of the molecule is COc1ccccc1NC(=O)CCN1C(=S)N[C@@H](c2ccccn2)[C@H]1c1cccn1-c1ccc2ccccc2c1. The van der Waals surface area contributed by atoms with Gasteiger partial charge in [0.1, 0.15) is 5.75 Å². The molecule has 0 saturated carbocycles. The van der Waals surface area contributed by atoms with Crippen LogP contribution in [0.5, 0.6) is 5.75 Å². The van der Waals surface area contributed by atoms with Gasteiger partial charge in [0.25, 0.3) is 0 Å². The lowest BCUT2D eigenvalue weighted by atomic mass is 10.0. The second-order valence-electron chi connectivity index (χ2n) is 9.65. The van der Waals surface area contributed by atoms with Gasteiger partial charge in [-0.3, -0.25) is 9.78 Å². The molecule has 0 spiro atoms. The Balaban J connectivity index is 1.32. The fourth-order valence-electron chi connectivity index (χ4n) is 5.35. The van der Waals surface area contributed by atoms with E-state index in [1.807, 2.05) is 54.6 Å².